The second-order valence-electron chi connectivity index (χ2n) is 5.94. The van der Waals surface area contributed by atoms with E-state index in [2.05, 4.69) is 42.0 Å². The minimum atomic E-state index is 0.702. The first-order valence-electron chi connectivity index (χ1n) is 8.60. The maximum Gasteiger partial charge on any atom is 0.225 e. The minimum absolute atomic E-state index is 0.702. The largest absolute Gasteiger partial charge is 0.354 e. The summed E-state index contributed by atoms with van der Waals surface area (Å²) in [5.41, 5.74) is 2.15. The maximum absolute atomic E-state index is 4.62. The molecule has 128 valence electrons. The Kier molecular flexibility index (Phi) is 5.08. The molecule has 0 radical (unpaired) electrons. The van der Waals surface area contributed by atoms with Gasteiger partial charge in [-0.15, -0.1) is 0 Å². The number of hydrogen-bond acceptors (Lipinski definition) is 7. The van der Waals surface area contributed by atoms with Crippen LogP contribution in [-0.4, -0.2) is 52.7 Å². The van der Waals surface area contributed by atoms with Crippen molar-refractivity contribution in [2.75, 3.05) is 47.8 Å². The number of aryl methyl sites for hydroxylation is 2. The van der Waals surface area contributed by atoms with Crippen molar-refractivity contribution in [3.05, 3.63) is 29.7 Å². The molecule has 24 heavy (non-hydrogen) atoms. The molecule has 1 N–H and O–H groups in total. The van der Waals surface area contributed by atoms with Gasteiger partial charge in [0.15, 0.2) is 0 Å². The minimum Gasteiger partial charge on any atom is -0.354 e. The SMILES string of the molecule is CCNc1nc(C)cc(N2CCN(c3ncc(CC)cn3)CC2)n1. The molecule has 0 unspecified atom stereocenters. The average molecular weight is 327 g/mol. The Labute approximate surface area is 143 Å². The van der Waals surface area contributed by atoms with Crippen molar-refractivity contribution >= 4 is 17.7 Å². The van der Waals surface area contributed by atoms with E-state index < -0.39 is 0 Å². The van der Waals surface area contributed by atoms with Crippen LogP contribution >= 0.6 is 0 Å². The lowest BCUT2D eigenvalue weighted by Gasteiger charge is -2.35. The van der Waals surface area contributed by atoms with Gasteiger partial charge in [-0.3, -0.25) is 0 Å². The number of nitrogens with one attached hydrogen (secondary N) is 1. The zero-order valence-electron chi connectivity index (χ0n) is 14.7. The summed E-state index contributed by atoms with van der Waals surface area (Å²) >= 11 is 0. The first kappa shape index (κ1) is 16.4. The smallest absolute Gasteiger partial charge is 0.225 e. The maximum atomic E-state index is 4.62. The zero-order chi connectivity index (χ0) is 16.9. The third-order valence-corrected chi connectivity index (χ3v) is 4.16. The Hall–Kier alpha value is -2.44. The molecule has 3 heterocycles. The van der Waals surface area contributed by atoms with Gasteiger partial charge in [0.05, 0.1) is 0 Å². The molecule has 0 bridgehead atoms. The summed E-state index contributed by atoms with van der Waals surface area (Å²) in [4.78, 5) is 22.5. The van der Waals surface area contributed by atoms with E-state index in [-0.39, 0.29) is 0 Å². The van der Waals surface area contributed by atoms with Crippen molar-refractivity contribution in [2.24, 2.45) is 0 Å². The quantitative estimate of drug-likeness (QED) is 0.899. The molecule has 0 saturated carbocycles. The first-order valence-corrected chi connectivity index (χ1v) is 8.60. The van der Waals surface area contributed by atoms with Crippen molar-refractivity contribution < 1.29 is 0 Å². The molecule has 2 aromatic rings. The topological polar surface area (TPSA) is 70.1 Å². The lowest BCUT2D eigenvalue weighted by atomic mass is 10.3. The molecule has 0 atom stereocenters. The molecule has 0 amide bonds. The second kappa shape index (κ2) is 7.42. The number of rotatable bonds is 5. The predicted molar refractivity (Wildman–Crippen MR) is 96.8 cm³/mol. The number of aromatic nitrogens is 4. The van der Waals surface area contributed by atoms with E-state index in [4.69, 9.17) is 0 Å². The summed E-state index contributed by atoms with van der Waals surface area (Å²) in [6, 6.07) is 2.04. The Morgan fingerprint density at radius 1 is 1.00 bits per heavy atom. The van der Waals surface area contributed by atoms with Crippen molar-refractivity contribution in [1.29, 1.82) is 0 Å². The standard InChI is InChI=1S/C17H25N7/c1-4-14-11-19-17(20-12-14)24-8-6-23(7-9-24)15-10-13(3)21-16(22-15)18-5-2/h10-12H,4-9H2,1-3H3,(H,18,21,22). The molecular formula is C17H25N7. The number of anilines is 3. The lowest BCUT2D eigenvalue weighted by molar-refractivity contribution is 0.633. The van der Waals surface area contributed by atoms with Crippen LogP contribution < -0.4 is 15.1 Å². The highest BCUT2D eigenvalue weighted by Gasteiger charge is 2.20. The summed E-state index contributed by atoms with van der Waals surface area (Å²) in [5, 5.41) is 3.19. The highest BCUT2D eigenvalue weighted by molar-refractivity contribution is 5.46. The van der Waals surface area contributed by atoms with Crippen LogP contribution in [0.2, 0.25) is 0 Å². The summed E-state index contributed by atoms with van der Waals surface area (Å²) in [6.45, 7) is 10.6. The molecule has 0 aromatic carbocycles. The molecule has 1 aliphatic rings. The highest BCUT2D eigenvalue weighted by atomic mass is 15.3. The number of piperazine rings is 1. The average Bonchev–Trinajstić information content (AvgIpc) is 2.62. The van der Waals surface area contributed by atoms with E-state index in [1.165, 1.54) is 5.56 Å². The Balaban J connectivity index is 1.66. The molecule has 7 heteroatoms. The molecule has 1 fully saturated rings. The van der Waals surface area contributed by atoms with Crippen LogP contribution in [0.1, 0.15) is 25.1 Å². The molecule has 7 nitrogen and oxygen atoms in total. The molecular weight excluding hydrogens is 302 g/mol. The monoisotopic (exact) mass is 327 g/mol. The van der Waals surface area contributed by atoms with Crippen LogP contribution in [0.4, 0.5) is 17.7 Å². The highest BCUT2D eigenvalue weighted by Crippen LogP contribution is 2.18. The van der Waals surface area contributed by atoms with Gasteiger partial charge in [-0.2, -0.15) is 4.98 Å². The van der Waals surface area contributed by atoms with Gasteiger partial charge in [-0.25, -0.2) is 15.0 Å². The van der Waals surface area contributed by atoms with Crippen LogP contribution in [0.5, 0.6) is 0 Å². The van der Waals surface area contributed by atoms with Crippen LogP contribution in [0.15, 0.2) is 18.5 Å². The summed E-state index contributed by atoms with van der Waals surface area (Å²) < 4.78 is 0. The van der Waals surface area contributed by atoms with Gasteiger partial charge in [-0.05, 0) is 25.8 Å². The molecule has 2 aromatic heterocycles. The van der Waals surface area contributed by atoms with Gasteiger partial charge in [0.2, 0.25) is 11.9 Å². The zero-order valence-corrected chi connectivity index (χ0v) is 14.7. The van der Waals surface area contributed by atoms with Gasteiger partial charge in [0.25, 0.3) is 0 Å². The van der Waals surface area contributed by atoms with Gasteiger partial charge in [0, 0.05) is 56.9 Å². The van der Waals surface area contributed by atoms with Crippen LogP contribution in [0.25, 0.3) is 0 Å². The van der Waals surface area contributed by atoms with E-state index in [9.17, 15) is 0 Å². The summed E-state index contributed by atoms with van der Waals surface area (Å²) in [7, 11) is 0. The summed E-state index contributed by atoms with van der Waals surface area (Å²) in [5.74, 6) is 2.51. The molecule has 1 aliphatic heterocycles. The van der Waals surface area contributed by atoms with E-state index in [1.54, 1.807) is 0 Å². The fourth-order valence-corrected chi connectivity index (χ4v) is 2.78. The molecule has 3 rings (SSSR count). The third kappa shape index (κ3) is 3.72. The van der Waals surface area contributed by atoms with Gasteiger partial charge in [-0.1, -0.05) is 6.92 Å². The molecule has 0 aliphatic carbocycles. The Morgan fingerprint density at radius 3 is 2.29 bits per heavy atom. The summed E-state index contributed by atoms with van der Waals surface area (Å²) in [6.07, 6.45) is 4.81. The van der Waals surface area contributed by atoms with Crippen molar-refractivity contribution in [1.82, 2.24) is 19.9 Å². The van der Waals surface area contributed by atoms with E-state index in [0.29, 0.717) is 5.95 Å². The number of nitrogens with zero attached hydrogens (tertiary/aromatic N) is 6. The van der Waals surface area contributed by atoms with Crippen molar-refractivity contribution in [3.8, 4) is 0 Å². The fourth-order valence-electron chi connectivity index (χ4n) is 2.78. The number of hydrogen-bond donors (Lipinski definition) is 1. The normalized spacial score (nSPS) is 14.8. The van der Waals surface area contributed by atoms with Gasteiger partial charge in [0.1, 0.15) is 5.82 Å². The Morgan fingerprint density at radius 2 is 1.67 bits per heavy atom. The van der Waals surface area contributed by atoms with E-state index in [1.807, 2.05) is 32.3 Å². The van der Waals surface area contributed by atoms with Crippen molar-refractivity contribution in [2.45, 2.75) is 27.2 Å². The predicted octanol–water partition coefficient (Wildman–Crippen LogP) is 1.90. The van der Waals surface area contributed by atoms with Crippen LogP contribution in [-0.2, 0) is 6.42 Å². The third-order valence-electron chi connectivity index (χ3n) is 4.16. The van der Waals surface area contributed by atoms with Crippen LogP contribution in [0.3, 0.4) is 0 Å². The first-order chi connectivity index (χ1) is 11.7. The second-order valence-corrected chi connectivity index (χ2v) is 5.94. The van der Waals surface area contributed by atoms with Crippen molar-refractivity contribution in [3.63, 3.8) is 0 Å². The molecule has 1 saturated heterocycles. The van der Waals surface area contributed by atoms with E-state index >= 15 is 0 Å². The molecule has 0 spiro atoms. The van der Waals surface area contributed by atoms with E-state index in [0.717, 1.165) is 56.6 Å². The fraction of sp³-hybridized carbons (Fsp3) is 0.529. The lowest BCUT2D eigenvalue weighted by Crippen LogP contribution is -2.47. The van der Waals surface area contributed by atoms with Gasteiger partial charge < -0.3 is 15.1 Å². The van der Waals surface area contributed by atoms with Gasteiger partial charge >= 0.3 is 0 Å². The van der Waals surface area contributed by atoms with Crippen LogP contribution in [0, 0.1) is 6.92 Å². The Bertz CT molecular complexity index is 663.